The maximum Gasteiger partial charge on any atom is 0.277 e. The molecule has 192 valence electrons. The highest BCUT2D eigenvalue weighted by Crippen LogP contribution is 2.25. The third-order valence-corrected chi connectivity index (χ3v) is 5.93. The number of nitrogens with zero attached hydrogens (tertiary/aromatic N) is 4. The van der Waals surface area contributed by atoms with E-state index in [-0.39, 0.29) is 42.4 Å². The molecule has 2 amide bonds. The molecule has 2 aromatic rings. The summed E-state index contributed by atoms with van der Waals surface area (Å²) in [7, 11) is 0. The summed E-state index contributed by atoms with van der Waals surface area (Å²) in [6.07, 6.45) is 4.15. The Bertz CT molecular complexity index is 1110. The van der Waals surface area contributed by atoms with Crippen molar-refractivity contribution in [2.24, 2.45) is 0 Å². The average Bonchev–Trinajstić information content (AvgIpc) is 3.65. The van der Waals surface area contributed by atoms with Crippen molar-refractivity contribution < 1.29 is 33.3 Å². The molecule has 0 aliphatic carbocycles. The molecule has 0 bridgehead atoms. The van der Waals surface area contributed by atoms with Gasteiger partial charge in [0.15, 0.2) is 5.69 Å². The minimum absolute atomic E-state index is 0.0264. The van der Waals surface area contributed by atoms with Crippen molar-refractivity contribution in [2.75, 3.05) is 26.3 Å². The van der Waals surface area contributed by atoms with Gasteiger partial charge in [-0.2, -0.15) is 0 Å². The van der Waals surface area contributed by atoms with Gasteiger partial charge in [0, 0.05) is 38.4 Å². The highest BCUT2D eigenvalue weighted by atomic mass is 16.6. The number of nitro benzene ring substituents is 2. The standard InChI is InChI=1S/C22H25N5O9/c28-21(23-10-17-3-1-5-34-17)19-13-36-20(24-19)12-25(11-18-4-2-6-35-18)22(29)14-7-15(26(30)31)9-16(8-14)27(32)33/h7-9,13,17-18H,1-6,10-12H2,(H,23,28). The minimum Gasteiger partial charge on any atom is -0.446 e. The topological polar surface area (TPSA) is 180 Å². The number of carbonyl (C=O) groups is 2. The first kappa shape index (κ1) is 25.2. The summed E-state index contributed by atoms with van der Waals surface area (Å²) in [5.74, 6) is -1.09. The SMILES string of the molecule is O=C(NCC1CCCO1)c1coc(CN(CC2CCCO2)C(=O)c2cc([N+](=O)[O-])cc([N+](=O)[O-])c2)n1. The molecule has 2 fully saturated rings. The van der Waals surface area contributed by atoms with Crippen LogP contribution in [0.1, 0.15) is 52.4 Å². The zero-order valence-corrected chi connectivity index (χ0v) is 19.3. The lowest BCUT2D eigenvalue weighted by Gasteiger charge is -2.24. The number of carbonyl (C=O) groups excluding carboxylic acids is 2. The summed E-state index contributed by atoms with van der Waals surface area (Å²) in [6, 6.07) is 2.76. The Kier molecular flexibility index (Phi) is 7.85. The van der Waals surface area contributed by atoms with Gasteiger partial charge in [-0.25, -0.2) is 4.98 Å². The molecular formula is C22H25N5O9. The van der Waals surface area contributed by atoms with E-state index >= 15 is 0 Å². The summed E-state index contributed by atoms with van der Waals surface area (Å²) in [6.45, 7) is 1.47. The van der Waals surface area contributed by atoms with Crippen LogP contribution in [-0.2, 0) is 16.0 Å². The zero-order chi connectivity index (χ0) is 25.7. The Balaban J connectivity index is 1.51. The van der Waals surface area contributed by atoms with Crippen LogP contribution in [0.5, 0.6) is 0 Å². The second-order valence-electron chi connectivity index (χ2n) is 8.54. The van der Waals surface area contributed by atoms with Gasteiger partial charge in [0.25, 0.3) is 23.2 Å². The normalized spacial score (nSPS) is 19.2. The first-order valence-corrected chi connectivity index (χ1v) is 11.5. The fourth-order valence-corrected chi connectivity index (χ4v) is 4.12. The van der Waals surface area contributed by atoms with Crippen LogP contribution in [-0.4, -0.2) is 70.1 Å². The lowest BCUT2D eigenvalue weighted by molar-refractivity contribution is -0.394. The molecule has 0 spiro atoms. The van der Waals surface area contributed by atoms with E-state index in [2.05, 4.69) is 10.3 Å². The van der Waals surface area contributed by atoms with Crippen LogP contribution in [0.25, 0.3) is 0 Å². The van der Waals surface area contributed by atoms with Gasteiger partial charge < -0.3 is 24.1 Å². The van der Waals surface area contributed by atoms with Gasteiger partial charge in [0.05, 0.1) is 40.2 Å². The Labute approximate surface area is 204 Å². The molecule has 14 nitrogen and oxygen atoms in total. The number of benzene rings is 1. The number of hydrogen-bond donors (Lipinski definition) is 1. The molecule has 2 unspecified atom stereocenters. The Morgan fingerprint density at radius 1 is 1.03 bits per heavy atom. The minimum atomic E-state index is -0.802. The zero-order valence-electron chi connectivity index (χ0n) is 19.3. The molecule has 4 rings (SSSR count). The Morgan fingerprint density at radius 2 is 1.67 bits per heavy atom. The monoisotopic (exact) mass is 503 g/mol. The summed E-state index contributed by atoms with van der Waals surface area (Å²) in [5, 5.41) is 25.3. The summed E-state index contributed by atoms with van der Waals surface area (Å²) in [4.78, 5) is 52.1. The number of amides is 2. The van der Waals surface area contributed by atoms with Gasteiger partial charge in [-0.15, -0.1) is 0 Å². The molecular weight excluding hydrogens is 478 g/mol. The van der Waals surface area contributed by atoms with Crippen LogP contribution in [0.15, 0.2) is 28.9 Å². The van der Waals surface area contributed by atoms with E-state index in [1.165, 1.54) is 11.2 Å². The van der Waals surface area contributed by atoms with E-state index < -0.39 is 33.0 Å². The molecule has 0 radical (unpaired) electrons. The summed E-state index contributed by atoms with van der Waals surface area (Å²) >= 11 is 0. The van der Waals surface area contributed by atoms with E-state index in [1.54, 1.807) is 0 Å². The predicted molar refractivity (Wildman–Crippen MR) is 121 cm³/mol. The molecule has 14 heteroatoms. The Hall–Kier alpha value is -3.91. The fraction of sp³-hybridized carbons (Fsp3) is 0.500. The molecule has 1 aromatic carbocycles. The average molecular weight is 503 g/mol. The maximum absolute atomic E-state index is 13.3. The molecule has 2 aliphatic heterocycles. The van der Waals surface area contributed by atoms with Crippen molar-refractivity contribution in [3.8, 4) is 0 Å². The molecule has 0 saturated carbocycles. The largest absolute Gasteiger partial charge is 0.446 e. The van der Waals surface area contributed by atoms with Gasteiger partial charge in [-0.1, -0.05) is 0 Å². The van der Waals surface area contributed by atoms with Crippen molar-refractivity contribution in [3.63, 3.8) is 0 Å². The molecule has 1 N–H and O–H groups in total. The van der Waals surface area contributed by atoms with Gasteiger partial charge in [0.1, 0.15) is 6.26 Å². The number of ether oxygens (including phenoxy) is 2. The van der Waals surface area contributed by atoms with Crippen LogP contribution in [0.2, 0.25) is 0 Å². The number of hydrogen-bond acceptors (Lipinski definition) is 10. The molecule has 2 atom stereocenters. The van der Waals surface area contributed by atoms with Crippen LogP contribution in [0, 0.1) is 20.2 Å². The number of nitrogens with one attached hydrogen (secondary N) is 1. The van der Waals surface area contributed by atoms with Crippen molar-refractivity contribution in [1.82, 2.24) is 15.2 Å². The van der Waals surface area contributed by atoms with Crippen LogP contribution in [0.4, 0.5) is 11.4 Å². The summed E-state index contributed by atoms with van der Waals surface area (Å²) < 4.78 is 16.5. The van der Waals surface area contributed by atoms with Gasteiger partial charge in [-0.05, 0) is 25.7 Å². The smallest absolute Gasteiger partial charge is 0.277 e. The maximum atomic E-state index is 13.3. The van der Waals surface area contributed by atoms with Crippen LogP contribution < -0.4 is 5.32 Å². The van der Waals surface area contributed by atoms with Crippen LogP contribution in [0.3, 0.4) is 0 Å². The lowest BCUT2D eigenvalue weighted by atomic mass is 10.1. The highest BCUT2D eigenvalue weighted by Gasteiger charge is 2.28. The predicted octanol–water partition coefficient (Wildman–Crippen LogP) is 2.22. The summed E-state index contributed by atoms with van der Waals surface area (Å²) in [5.41, 5.74) is -1.36. The molecule has 2 saturated heterocycles. The number of oxazole rings is 1. The van der Waals surface area contributed by atoms with E-state index in [0.29, 0.717) is 26.2 Å². The molecule has 36 heavy (non-hydrogen) atoms. The number of non-ortho nitro benzene ring substituents is 2. The molecule has 3 heterocycles. The number of rotatable bonds is 10. The van der Waals surface area contributed by atoms with E-state index in [0.717, 1.165) is 37.5 Å². The number of aromatic nitrogens is 1. The highest BCUT2D eigenvalue weighted by molar-refractivity contribution is 5.95. The third-order valence-electron chi connectivity index (χ3n) is 5.93. The second-order valence-corrected chi connectivity index (χ2v) is 8.54. The lowest BCUT2D eigenvalue weighted by Crippen LogP contribution is -2.37. The van der Waals surface area contributed by atoms with Gasteiger partial charge in [-0.3, -0.25) is 29.8 Å². The third kappa shape index (κ3) is 6.20. The van der Waals surface area contributed by atoms with Crippen molar-refractivity contribution in [1.29, 1.82) is 0 Å². The van der Waals surface area contributed by atoms with Crippen molar-refractivity contribution in [2.45, 2.75) is 44.4 Å². The quantitative estimate of drug-likeness (QED) is 0.373. The Morgan fingerprint density at radius 3 is 2.25 bits per heavy atom. The van der Waals surface area contributed by atoms with Gasteiger partial charge >= 0.3 is 0 Å². The number of nitro groups is 2. The van der Waals surface area contributed by atoms with E-state index in [4.69, 9.17) is 13.9 Å². The van der Waals surface area contributed by atoms with E-state index in [1.807, 2.05) is 0 Å². The first-order valence-electron chi connectivity index (χ1n) is 11.5. The fourth-order valence-electron chi connectivity index (χ4n) is 4.12. The molecule has 1 aromatic heterocycles. The first-order chi connectivity index (χ1) is 17.3. The van der Waals surface area contributed by atoms with Crippen molar-refractivity contribution in [3.05, 3.63) is 61.8 Å². The van der Waals surface area contributed by atoms with Gasteiger partial charge in [0.2, 0.25) is 5.89 Å². The van der Waals surface area contributed by atoms with Crippen molar-refractivity contribution >= 4 is 23.2 Å². The van der Waals surface area contributed by atoms with E-state index in [9.17, 15) is 29.8 Å². The second kappa shape index (κ2) is 11.2. The van der Waals surface area contributed by atoms with Crippen LogP contribution >= 0.6 is 0 Å². The molecule has 2 aliphatic rings.